The molecule has 3 aromatic rings. The Morgan fingerprint density at radius 3 is 2.69 bits per heavy atom. The lowest BCUT2D eigenvalue weighted by Gasteiger charge is -2.31. The smallest absolute Gasteiger partial charge is 0.273 e. The number of carbonyl (C=O) groups is 3. The summed E-state index contributed by atoms with van der Waals surface area (Å²) >= 11 is 1.37. The topological polar surface area (TPSA) is 159 Å². The van der Waals surface area contributed by atoms with Crippen molar-refractivity contribution in [2.45, 2.75) is 38.5 Å². The number of carbonyl (C=O) groups excluding carboxylic acids is 3. The Kier molecular flexibility index (Phi) is 8.08. The zero-order valence-corrected chi connectivity index (χ0v) is 24.0. The molecule has 1 saturated heterocycles. The number of hydrogen-bond acceptors (Lipinski definition) is 10. The quantitative estimate of drug-likeness (QED) is 0.261. The molecule has 4 N–H and O–H groups in total. The number of amides is 3. The minimum absolute atomic E-state index is 0.0349. The lowest BCUT2D eigenvalue weighted by Crippen LogP contribution is -2.39. The van der Waals surface area contributed by atoms with Crippen molar-refractivity contribution < 1.29 is 28.3 Å². The van der Waals surface area contributed by atoms with E-state index in [0.717, 1.165) is 37.0 Å². The lowest BCUT2D eigenvalue weighted by atomic mass is 9.94. The van der Waals surface area contributed by atoms with E-state index in [1.54, 1.807) is 18.3 Å². The largest absolute Gasteiger partial charge is 0.494 e. The first kappa shape index (κ1) is 25.6. The van der Waals surface area contributed by atoms with Gasteiger partial charge in [0.2, 0.25) is 11.8 Å². The fourth-order valence-corrected chi connectivity index (χ4v) is 5.87. The molecule has 42 heavy (non-hydrogen) atoms. The van der Waals surface area contributed by atoms with Crippen molar-refractivity contribution in [2.24, 2.45) is 11.8 Å². The highest BCUT2D eigenvalue weighted by Gasteiger charge is 2.30. The molecule has 12 nitrogen and oxygen atoms in total. The number of piperidine rings is 1. The molecule has 222 valence electrons. The number of nitrogens with zero attached hydrogens (tertiary/aromatic N) is 4. The molecule has 0 bridgehead atoms. The summed E-state index contributed by atoms with van der Waals surface area (Å²) in [6, 6.07) is 6.69. The zero-order chi connectivity index (χ0) is 32.1. The highest BCUT2D eigenvalue weighted by atomic mass is 32.1. The van der Waals surface area contributed by atoms with Crippen LogP contribution in [0.1, 0.15) is 51.6 Å². The Morgan fingerprint density at radius 1 is 1.17 bits per heavy atom. The van der Waals surface area contributed by atoms with Crippen molar-refractivity contribution in [1.29, 1.82) is 0 Å². The van der Waals surface area contributed by atoms with Gasteiger partial charge >= 0.3 is 0 Å². The SMILES string of the molecule is [2H]C([2H])([2H])NC(=O)c1nnc(NC(=O)C2CC2)cc1Nc1cccc(-c2ncc(CC(=O)N3CCC(CCO)CC3)s2)c1OC. The van der Waals surface area contributed by atoms with E-state index in [9.17, 15) is 19.5 Å². The van der Waals surface area contributed by atoms with Gasteiger partial charge < -0.3 is 30.7 Å². The van der Waals surface area contributed by atoms with Crippen molar-refractivity contribution in [1.82, 2.24) is 25.4 Å². The Labute approximate surface area is 252 Å². The lowest BCUT2D eigenvalue weighted by molar-refractivity contribution is -0.131. The number of nitrogens with one attached hydrogen (secondary N) is 3. The minimum atomic E-state index is -2.76. The summed E-state index contributed by atoms with van der Waals surface area (Å²) in [5.74, 6) is -0.315. The summed E-state index contributed by atoms with van der Waals surface area (Å²) in [5, 5.41) is 25.3. The number of methoxy groups -OCH3 is 1. The first-order valence-electron chi connectivity index (χ1n) is 15.3. The van der Waals surface area contributed by atoms with Crippen molar-refractivity contribution in [3.05, 3.63) is 41.0 Å². The summed E-state index contributed by atoms with van der Waals surface area (Å²) in [6.45, 7) is -1.23. The highest BCUT2D eigenvalue weighted by molar-refractivity contribution is 7.15. The van der Waals surface area contributed by atoms with Crippen LogP contribution in [0.3, 0.4) is 0 Å². The highest BCUT2D eigenvalue weighted by Crippen LogP contribution is 2.40. The molecule has 2 fully saturated rings. The number of likely N-dealkylation sites (tertiary alicyclic amines) is 1. The Morgan fingerprint density at radius 2 is 1.98 bits per heavy atom. The third-order valence-corrected chi connectivity index (χ3v) is 8.46. The van der Waals surface area contributed by atoms with Gasteiger partial charge in [-0.15, -0.1) is 21.5 Å². The molecule has 3 amide bonds. The number of rotatable bonds is 11. The van der Waals surface area contributed by atoms with E-state index < -0.39 is 12.9 Å². The summed E-state index contributed by atoms with van der Waals surface area (Å²) in [7, 11) is 1.48. The minimum Gasteiger partial charge on any atom is -0.494 e. The van der Waals surface area contributed by atoms with Gasteiger partial charge in [0.1, 0.15) is 5.01 Å². The Balaban J connectivity index is 1.36. The average Bonchev–Trinajstić information content (AvgIpc) is 3.75. The van der Waals surface area contributed by atoms with E-state index in [1.807, 2.05) is 16.3 Å². The van der Waals surface area contributed by atoms with E-state index in [2.05, 4.69) is 25.8 Å². The Hall–Kier alpha value is -4.10. The number of thiazole rings is 1. The fraction of sp³-hybridized carbons (Fsp3) is 0.448. The van der Waals surface area contributed by atoms with Crippen LogP contribution >= 0.6 is 11.3 Å². The molecule has 0 unspecified atom stereocenters. The van der Waals surface area contributed by atoms with Crippen LogP contribution in [0.25, 0.3) is 10.6 Å². The molecular weight excluding hydrogens is 558 g/mol. The summed E-state index contributed by atoms with van der Waals surface area (Å²) < 4.78 is 28.0. The maximum absolute atomic E-state index is 13.0. The number of benzene rings is 1. The van der Waals surface area contributed by atoms with Crippen LogP contribution < -0.4 is 20.7 Å². The van der Waals surface area contributed by atoms with Gasteiger partial charge in [0, 0.05) is 53.8 Å². The number of aliphatic hydroxyl groups excluding tert-OH is 1. The van der Waals surface area contributed by atoms with Crippen LogP contribution in [0.4, 0.5) is 17.2 Å². The predicted molar refractivity (Wildman–Crippen MR) is 159 cm³/mol. The van der Waals surface area contributed by atoms with Crippen molar-refractivity contribution in [2.75, 3.05) is 44.4 Å². The van der Waals surface area contributed by atoms with Gasteiger partial charge in [-0.25, -0.2) is 4.98 Å². The molecule has 2 aromatic heterocycles. The maximum atomic E-state index is 13.0. The van der Waals surface area contributed by atoms with Gasteiger partial charge in [-0.05, 0) is 50.2 Å². The molecule has 1 saturated carbocycles. The van der Waals surface area contributed by atoms with Gasteiger partial charge in [0.25, 0.3) is 5.91 Å². The zero-order valence-electron chi connectivity index (χ0n) is 26.2. The van der Waals surface area contributed by atoms with E-state index in [0.29, 0.717) is 41.0 Å². The number of hydrogen-bond donors (Lipinski definition) is 4. The van der Waals surface area contributed by atoms with E-state index >= 15 is 0 Å². The van der Waals surface area contributed by atoms with Gasteiger partial charge in [-0.2, -0.15) is 0 Å². The van der Waals surface area contributed by atoms with Gasteiger partial charge in [-0.1, -0.05) is 6.07 Å². The molecule has 1 aromatic carbocycles. The standard InChI is InChI=1S/C29H35N7O5S/c1-30-28(40)25-22(15-23(34-35-25)33-27(39)18-6-7-18)32-21-5-3-4-20(26(21)41-2)29-31-16-19(42-29)14-24(38)36-11-8-17(9-12-36)10-13-37/h3-5,15-18,37H,6-14H2,1-2H3,(H,30,40)(H2,32,33,34,39)/i1D3. The third kappa shape index (κ3) is 6.85. The molecule has 1 aliphatic carbocycles. The van der Waals surface area contributed by atoms with Crippen LogP contribution in [0, 0.1) is 11.8 Å². The number of anilines is 3. The van der Waals surface area contributed by atoms with Crippen LogP contribution in [0.5, 0.6) is 5.75 Å². The first-order chi connectivity index (χ1) is 21.5. The molecule has 13 heteroatoms. The van der Waals surface area contributed by atoms with Crippen LogP contribution in [-0.4, -0.2) is 76.7 Å². The molecular formula is C29H35N7O5S. The molecule has 1 aliphatic heterocycles. The molecule has 0 radical (unpaired) electrons. The monoisotopic (exact) mass is 596 g/mol. The number of aromatic nitrogens is 3. The summed E-state index contributed by atoms with van der Waals surface area (Å²) in [5.41, 5.74) is 0.859. The van der Waals surface area contributed by atoms with E-state index in [1.165, 1.54) is 24.5 Å². The van der Waals surface area contributed by atoms with Crippen molar-refractivity contribution >= 4 is 46.3 Å². The van der Waals surface area contributed by atoms with Crippen molar-refractivity contribution in [3.8, 4) is 16.3 Å². The maximum Gasteiger partial charge on any atom is 0.273 e. The normalized spacial score (nSPS) is 16.6. The molecule has 0 atom stereocenters. The number of aliphatic hydroxyl groups is 1. The predicted octanol–water partition coefficient (Wildman–Crippen LogP) is 3.22. The molecule has 5 rings (SSSR count). The average molecular weight is 597 g/mol. The summed E-state index contributed by atoms with van der Waals surface area (Å²) in [4.78, 5) is 45.4. The van der Waals surface area contributed by atoms with Crippen molar-refractivity contribution in [3.63, 3.8) is 0 Å². The molecule has 0 spiro atoms. The first-order valence-corrected chi connectivity index (χ1v) is 14.6. The second kappa shape index (κ2) is 13.3. The molecule has 3 heterocycles. The fourth-order valence-electron chi connectivity index (χ4n) is 4.95. The van der Waals surface area contributed by atoms with E-state index in [-0.39, 0.29) is 48.0 Å². The van der Waals surface area contributed by atoms with E-state index in [4.69, 9.17) is 8.85 Å². The number of para-hydroxylation sites is 1. The Bertz CT molecular complexity index is 1560. The van der Waals surface area contributed by atoms with Gasteiger partial charge in [0.05, 0.1) is 30.5 Å². The molecule has 2 aliphatic rings. The van der Waals surface area contributed by atoms with Gasteiger partial charge in [0.15, 0.2) is 17.3 Å². The third-order valence-electron chi connectivity index (χ3n) is 7.42. The van der Waals surface area contributed by atoms with Gasteiger partial charge in [-0.3, -0.25) is 14.4 Å². The van der Waals surface area contributed by atoms with Crippen LogP contribution in [0.15, 0.2) is 30.5 Å². The second-order valence-electron chi connectivity index (χ2n) is 10.4. The second-order valence-corrected chi connectivity index (χ2v) is 11.5. The number of ether oxygens (including phenoxy) is 1. The van der Waals surface area contributed by atoms with Crippen LogP contribution in [0.2, 0.25) is 0 Å². The van der Waals surface area contributed by atoms with Crippen LogP contribution in [-0.2, 0) is 16.0 Å². The summed E-state index contributed by atoms with van der Waals surface area (Å²) in [6.07, 6.45) is 6.00.